The van der Waals surface area contributed by atoms with Gasteiger partial charge in [0.05, 0.1) is 10.5 Å². The number of hydrogen-bond donors (Lipinski definition) is 0. The minimum Gasteiger partial charge on any atom is -0.462 e. The summed E-state index contributed by atoms with van der Waals surface area (Å²) in [6, 6.07) is 9.83. The van der Waals surface area contributed by atoms with E-state index in [-0.39, 0.29) is 15.3 Å². The lowest BCUT2D eigenvalue weighted by Gasteiger charge is -2.07. The Morgan fingerprint density at radius 1 is 1.13 bits per heavy atom. The third-order valence-corrected chi connectivity index (χ3v) is 5.54. The topological polar surface area (TPSA) is 64.3 Å². The molecule has 0 aliphatic heterocycles. The number of hydrogen-bond acceptors (Lipinski definition) is 5. The summed E-state index contributed by atoms with van der Waals surface area (Å²) in [5.41, 5.74) is 0.664. The van der Waals surface area contributed by atoms with Gasteiger partial charge in [-0.25, -0.2) is 8.42 Å². The quantitative estimate of drug-likeness (QED) is 0.700. The second-order valence-electron chi connectivity index (χ2n) is 4.89. The Bertz CT molecular complexity index is 1000. The Labute approximate surface area is 141 Å². The number of thiophene rings is 1. The molecule has 3 aromatic rings. The SMILES string of the molecule is CS(=O)(=O)c1ccc(-c2occ(Cl)c(=O)c2-c2cccs2)cc1. The molecule has 0 saturated carbocycles. The van der Waals surface area contributed by atoms with Crippen molar-refractivity contribution in [1.82, 2.24) is 0 Å². The summed E-state index contributed by atoms with van der Waals surface area (Å²) >= 11 is 7.29. The maximum atomic E-state index is 12.4. The maximum Gasteiger partial charge on any atom is 0.212 e. The van der Waals surface area contributed by atoms with Gasteiger partial charge in [0.1, 0.15) is 17.0 Å². The maximum absolute atomic E-state index is 12.4. The summed E-state index contributed by atoms with van der Waals surface area (Å²) < 4.78 is 28.6. The van der Waals surface area contributed by atoms with Gasteiger partial charge >= 0.3 is 0 Å². The highest BCUT2D eigenvalue weighted by Crippen LogP contribution is 2.33. The molecule has 0 amide bonds. The van der Waals surface area contributed by atoms with Crippen LogP contribution in [-0.4, -0.2) is 14.7 Å². The number of rotatable bonds is 3. The van der Waals surface area contributed by atoms with Gasteiger partial charge in [-0.15, -0.1) is 11.3 Å². The predicted octanol–water partition coefficient (Wildman–Crippen LogP) is 4.09. The summed E-state index contributed by atoms with van der Waals surface area (Å²) in [4.78, 5) is 13.3. The highest BCUT2D eigenvalue weighted by Gasteiger charge is 2.18. The van der Waals surface area contributed by atoms with E-state index < -0.39 is 9.84 Å². The molecule has 0 aliphatic rings. The molecule has 0 bridgehead atoms. The summed E-state index contributed by atoms with van der Waals surface area (Å²) in [6.45, 7) is 0. The molecule has 0 aliphatic carbocycles. The van der Waals surface area contributed by atoms with Crippen molar-refractivity contribution in [1.29, 1.82) is 0 Å². The zero-order valence-corrected chi connectivity index (χ0v) is 14.3. The van der Waals surface area contributed by atoms with Crippen LogP contribution in [0.1, 0.15) is 0 Å². The fraction of sp³-hybridized carbons (Fsp3) is 0.0625. The monoisotopic (exact) mass is 366 g/mol. The Morgan fingerprint density at radius 2 is 1.83 bits per heavy atom. The van der Waals surface area contributed by atoms with Crippen molar-refractivity contribution in [3.05, 3.63) is 63.3 Å². The summed E-state index contributed by atoms with van der Waals surface area (Å²) in [5.74, 6) is 0.363. The molecule has 2 aromatic heterocycles. The first kappa shape index (κ1) is 16.0. The van der Waals surface area contributed by atoms with Crippen LogP contribution in [0.5, 0.6) is 0 Å². The second kappa shape index (κ2) is 5.96. The molecule has 0 atom stereocenters. The average Bonchev–Trinajstić information content (AvgIpc) is 3.03. The van der Waals surface area contributed by atoms with Gasteiger partial charge in [-0.2, -0.15) is 0 Å². The van der Waals surface area contributed by atoms with Crippen molar-refractivity contribution in [2.75, 3.05) is 6.26 Å². The van der Waals surface area contributed by atoms with E-state index in [4.69, 9.17) is 16.0 Å². The molecule has 23 heavy (non-hydrogen) atoms. The number of sulfone groups is 1. The van der Waals surface area contributed by atoms with Gasteiger partial charge in [-0.1, -0.05) is 17.7 Å². The van der Waals surface area contributed by atoms with Crippen molar-refractivity contribution in [2.24, 2.45) is 0 Å². The lowest BCUT2D eigenvalue weighted by molar-refractivity contribution is 0.566. The van der Waals surface area contributed by atoms with Gasteiger partial charge < -0.3 is 4.42 Å². The van der Waals surface area contributed by atoms with E-state index in [1.807, 2.05) is 17.5 Å². The Kier molecular flexibility index (Phi) is 4.14. The highest BCUT2D eigenvalue weighted by molar-refractivity contribution is 7.90. The van der Waals surface area contributed by atoms with Crippen LogP contribution < -0.4 is 5.43 Å². The van der Waals surface area contributed by atoms with Gasteiger partial charge in [-0.3, -0.25) is 4.79 Å². The van der Waals surface area contributed by atoms with Crippen LogP contribution in [0.4, 0.5) is 0 Å². The van der Waals surface area contributed by atoms with Gasteiger partial charge in [0.25, 0.3) is 0 Å². The van der Waals surface area contributed by atoms with Crippen LogP contribution in [0, 0.1) is 0 Å². The van der Waals surface area contributed by atoms with Crippen molar-refractivity contribution in [3.8, 4) is 21.8 Å². The number of benzene rings is 1. The standard InChI is InChI=1S/C16H11ClO4S2/c1-23(19,20)11-6-4-10(5-7-11)16-14(13-3-2-8-22-13)15(18)12(17)9-21-16/h2-9H,1H3. The van der Waals surface area contributed by atoms with Gasteiger partial charge in [0.2, 0.25) is 5.43 Å². The van der Waals surface area contributed by atoms with Gasteiger partial charge in [-0.05, 0) is 35.7 Å². The van der Waals surface area contributed by atoms with Gasteiger partial charge in [0, 0.05) is 16.7 Å². The largest absolute Gasteiger partial charge is 0.462 e. The van der Waals surface area contributed by atoms with Crippen LogP contribution in [0.15, 0.2) is 62.1 Å². The molecule has 0 unspecified atom stereocenters. The average molecular weight is 367 g/mol. The Morgan fingerprint density at radius 3 is 2.39 bits per heavy atom. The lowest BCUT2D eigenvalue weighted by Crippen LogP contribution is -2.06. The van der Waals surface area contributed by atoms with Crippen molar-refractivity contribution >= 4 is 32.8 Å². The smallest absolute Gasteiger partial charge is 0.212 e. The fourth-order valence-electron chi connectivity index (χ4n) is 2.16. The number of halogens is 1. The molecule has 3 rings (SSSR count). The molecule has 7 heteroatoms. The first-order chi connectivity index (χ1) is 10.9. The lowest BCUT2D eigenvalue weighted by atomic mass is 10.1. The Balaban J connectivity index is 2.21. The fourth-order valence-corrected chi connectivity index (χ4v) is 3.69. The first-order valence-corrected chi connectivity index (χ1v) is 9.68. The second-order valence-corrected chi connectivity index (χ2v) is 8.26. The molecule has 4 nitrogen and oxygen atoms in total. The minimum absolute atomic E-state index is 0.00454. The third kappa shape index (κ3) is 3.10. The van der Waals surface area contributed by atoms with Crippen LogP contribution in [0.3, 0.4) is 0 Å². The van der Waals surface area contributed by atoms with E-state index in [0.717, 1.165) is 11.1 Å². The molecule has 0 fully saturated rings. The molecular formula is C16H11ClO4S2. The zero-order valence-electron chi connectivity index (χ0n) is 11.9. The van der Waals surface area contributed by atoms with E-state index in [1.165, 1.54) is 29.7 Å². The molecule has 0 saturated heterocycles. The zero-order chi connectivity index (χ0) is 16.6. The summed E-state index contributed by atoms with van der Waals surface area (Å²) in [6.07, 6.45) is 2.34. The van der Waals surface area contributed by atoms with Gasteiger partial charge in [0.15, 0.2) is 9.84 Å². The predicted molar refractivity (Wildman–Crippen MR) is 91.8 cm³/mol. The van der Waals surface area contributed by atoms with Crippen LogP contribution in [0.2, 0.25) is 5.02 Å². The molecule has 1 aromatic carbocycles. The molecule has 2 heterocycles. The molecule has 118 valence electrons. The van der Waals surface area contributed by atoms with E-state index in [1.54, 1.807) is 12.1 Å². The summed E-state index contributed by atoms with van der Waals surface area (Å²) in [5, 5.41) is 1.86. The molecular weight excluding hydrogens is 356 g/mol. The van der Waals surface area contributed by atoms with E-state index >= 15 is 0 Å². The minimum atomic E-state index is -3.28. The van der Waals surface area contributed by atoms with Crippen molar-refractivity contribution in [2.45, 2.75) is 4.90 Å². The summed E-state index contributed by atoms with van der Waals surface area (Å²) in [7, 11) is -3.28. The van der Waals surface area contributed by atoms with Crippen molar-refractivity contribution in [3.63, 3.8) is 0 Å². The van der Waals surface area contributed by atoms with E-state index in [9.17, 15) is 13.2 Å². The van der Waals surface area contributed by atoms with E-state index in [2.05, 4.69) is 0 Å². The Hall–Kier alpha value is -1.89. The van der Waals surface area contributed by atoms with E-state index in [0.29, 0.717) is 16.9 Å². The highest BCUT2D eigenvalue weighted by atomic mass is 35.5. The molecule has 0 N–H and O–H groups in total. The molecule has 0 radical (unpaired) electrons. The van der Waals surface area contributed by atoms with Crippen LogP contribution >= 0.6 is 22.9 Å². The first-order valence-electron chi connectivity index (χ1n) is 6.53. The van der Waals surface area contributed by atoms with Crippen LogP contribution in [-0.2, 0) is 9.84 Å². The normalized spacial score (nSPS) is 11.6. The van der Waals surface area contributed by atoms with Crippen LogP contribution in [0.25, 0.3) is 21.8 Å². The molecule has 0 spiro atoms. The van der Waals surface area contributed by atoms with Crippen molar-refractivity contribution < 1.29 is 12.8 Å². The third-order valence-electron chi connectivity index (χ3n) is 3.26.